The van der Waals surface area contributed by atoms with Gasteiger partial charge >= 0.3 is 0 Å². The van der Waals surface area contributed by atoms with Crippen molar-refractivity contribution in [2.24, 2.45) is 0 Å². The van der Waals surface area contributed by atoms with Gasteiger partial charge < -0.3 is 9.15 Å². The summed E-state index contributed by atoms with van der Waals surface area (Å²) >= 11 is 0. The van der Waals surface area contributed by atoms with Crippen LogP contribution >= 0.6 is 0 Å². The van der Waals surface area contributed by atoms with E-state index in [1.807, 2.05) is 0 Å². The van der Waals surface area contributed by atoms with Crippen LogP contribution in [0.3, 0.4) is 0 Å². The second-order valence-electron chi connectivity index (χ2n) is 21.2. The van der Waals surface area contributed by atoms with Gasteiger partial charge in [-0.2, -0.15) is 0 Å². The van der Waals surface area contributed by atoms with Crippen molar-refractivity contribution in [1.29, 1.82) is 0 Å². The molecule has 3 aliphatic rings. The summed E-state index contributed by atoms with van der Waals surface area (Å²) in [6.45, 7) is 14.0. The number of ether oxygens (including phenoxy) is 1. The molecule has 0 unspecified atom stereocenters. The molecule has 11 aromatic rings. The van der Waals surface area contributed by atoms with E-state index < -0.39 is 5.41 Å². The second-order valence-corrected chi connectivity index (χ2v) is 21.2. The molecule has 0 atom stereocenters. The maximum atomic E-state index is 6.85. The number of fused-ring (bicyclic) bond motifs is 16. The van der Waals surface area contributed by atoms with Crippen molar-refractivity contribution in [3.05, 3.63) is 215 Å². The molecule has 2 aliphatic carbocycles. The minimum absolute atomic E-state index is 0.00846. The summed E-state index contributed by atoms with van der Waals surface area (Å²) in [5.41, 5.74) is 21.7. The van der Waals surface area contributed by atoms with Crippen LogP contribution in [-0.2, 0) is 16.2 Å². The van der Waals surface area contributed by atoms with Gasteiger partial charge in [-0.25, -0.2) is 0 Å². The van der Waals surface area contributed by atoms with E-state index in [-0.39, 0.29) is 10.8 Å². The molecule has 0 fully saturated rings. The number of benzene rings is 10. The van der Waals surface area contributed by atoms with Gasteiger partial charge in [0.15, 0.2) is 0 Å². The zero-order valence-electron chi connectivity index (χ0n) is 38.6. The van der Waals surface area contributed by atoms with E-state index >= 15 is 0 Å². The molecule has 0 saturated carbocycles. The molecule has 2 nitrogen and oxygen atoms in total. The van der Waals surface area contributed by atoms with Gasteiger partial charge in [0.1, 0.15) is 22.7 Å². The van der Waals surface area contributed by atoms with Crippen molar-refractivity contribution in [2.45, 2.75) is 57.8 Å². The van der Waals surface area contributed by atoms with Crippen LogP contribution in [0.15, 0.2) is 186 Å². The van der Waals surface area contributed by atoms with Crippen LogP contribution in [0.2, 0.25) is 0 Å². The van der Waals surface area contributed by atoms with E-state index in [0.717, 1.165) is 55.5 Å². The van der Waals surface area contributed by atoms with E-state index in [0.29, 0.717) is 0 Å². The summed E-state index contributed by atoms with van der Waals surface area (Å²) < 4.78 is 13.4. The SMILES string of the molecule is CC(C)(C)c1ccc2c(c1)C1(c3ccccc3-c3ccc(-c4ccc5c6c(cccc46)-c4cc(-c6cccc7oc8cc9ccccc9cc8c67)ccc4O5)cc31)c1cc(C(C)(C)C)ccc1-2. The van der Waals surface area contributed by atoms with Gasteiger partial charge in [0.2, 0.25) is 0 Å². The van der Waals surface area contributed by atoms with Crippen molar-refractivity contribution in [1.82, 2.24) is 0 Å². The Hall–Kier alpha value is -7.68. The third kappa shape index (κ3) is 5.27. The van der Waals surface area contributed by atoms with Crippen LogP contribution in [0.25, 0.3) is 99.1 Å². The Morgan fingerprint density at radius 1 is 0.343 bits per heavy atom. The second kappa shape index (κ2) is 13.2. The van der Waals surface area contributed by atoms with Crippen molar-refractivity contribution >= 4 is 43.5 Å². The number of hydrogen-bond donors (Lipinski definition) is 0. The average molecular weight is 861 g/mol. The molecule has 1 aromatic heterocycles. The molecule has 1 spiro atoms. The highest BCUT2D eigenvalue weighted by atomic mass is 16.5. The highest BCUT2D eigenvalue weighted by Crippen LogP contribution is 2.64. The molecule has 0 amide bonds. The van der Waals surface area contributed by atoms with Gasteiger partial charge in [0.05, 0.1) is 5.41 Å². The summed E-state index contributed by atoms with van der Waals surface area (Å²) in [4.78, 5) is 0. The minimum Gasteiger partial charge on any atom is -0.456 e. The molecule has 2 heterocycles. The van der Waals surface area contributed by atoms with Crippen LogP contribution in [0, 0.1) is 0 Å². The van der Waals surface area contributed by atoms with Gasteiger partial charge in [-0.3, -0.25) is 0 Å². The van der Waals surface area contributed by atoms with E-state index in [1.54, 1.807) is 0 Å². The smallest absolute Gasteiger partial charge is 0.136 e. The molecule has 2 heteroatoms. The minimum atomic E-state index is -0.476. The van der Waals surface area contributed by atoms with Gasteiger partial charge in [-0.1, -0.05) is 181 Å². The quantitative estimate of drug-likeness (QED) is 0.173. The normalized spacial score (nSPS) is 14.1. The largest absolute Gasteiger partial charge is 0.456 e. The Bertz CT molecular complexity index is 3910. The molecule has 67 heavy (non-hydrogen) atoms. The Morgan fingerprint density at radius 3 is 1.66 bits per heavy atom. The zero-order valence-corrected chi connectivity index (χ0v) is 38.6. The van der Waals surface area contributed by atoms with Gasteiger partial charge in [-0.05, 0) is 153 Å². The predicted molar refractivity (Wildman–Crippen MR) is 279 cm³/mol. The maximum Gasteiger partial charge on any atom is 0.136 e. The maximum absolute atomic E-state index is 6.85. The average Bonchev–Trinajstić information content (AvgIpc) is 3.95. The fourth-order valence-electron chi connectivity index (χ4n) is 12.1. The fraction of sp³-hybridized carbons (Fsp3) is 0.138. The lowest BCUT2D eigenvalue weighted by Gasteiger charge is -2.33. The van der Waals surface area contributed by atoms with Gasteiger partial charge in [-0.15, -0.1) is 0 Å². The molecule has 14 rings (SSSR count). The molecule has 320 valence electrons. The summed E-state index contributed by atoms with van der Waals surface area (Å²) in [5.74, 6) is 1.75. The fourth-order valence-corrected chi connectivity index (χ4v) is 12.1. The predicted octanol–water partition coefficient (Wildman–Crippen LogP) is 17.9. The highest BCUT2D eigenvalue weighted by molar-refractivity contribution is 6.16. The van der Waals surface area contributed by atoms with Gasteiger partial charge in [0, 0.05) is 21.7 Å². The molecular weight excluding hydrogens is 813 g/mol. The van der Waals surface area contributed by atoms with E-state index in [9.17, 15) is 0 Å². The standard InChI is InChI=1S/C65H48O2/c1-63(2,3)41-23-26-47-48-27-24-42(64(4,5)6)36-56(48)65(55(47)35-41)53-19-10-9-15-45(53)46-25-21-40(33-54(46)65)43-28-30-59-62-49(43)17-11-18-50(62)51-32-39(22-29-57(51)66-59)44-16-12-20-58-61(44)52-31-37-13-7-8-14-38(37)34-60(52)67-58/h7-36H,1-6H3. The summed E-state index contributed by atoms with van der Waals surface area (Å²) in [6.07, 6.45) is 0. The van der Waals surface area contributed by atoms with Crippen LogP contribution < -0.4 is 4.74 Å². The number of hydrogen-bond acceptors (Lipinski definition) is 2. The van der Waals surface area contributed by atoms with E-state index in [2.05, 4.69) is 224 Å². The Balaban J connectivity index is 0.963. The molecule has 0 N–H and O–H groups in total. The molecule has 1 aliphatic heterocycles. The first-order valence-corrected chi connectivity index (χ1v) is 23.7. The van der Waals surface area contributed by atoms with Crippen LogP contribution in [0.5, 0.6) is 11.5 Å². The van der Waals surface area contributed by atoms with E-state index in [4.69, 9.17) is 9.15 Å². The number of rotatable bonds is 2. The van der Waals surface area contributed by atoms with Crippen molar-refractivity contribution in [3.8, 4) is 67.1 Å². The highest BCUT2D eigenvalue weighted by Gasteiger charge is 2.52. The lowest BCUT2D eigenvalue weighted by molar-refractivity contribution is 0.487. The monoisotopic (exact) mass is 860 g/mol. The van der Waals surface area contributed by atoms with Crippen molar-refractivity contribution in [3.63, 3.8) is 0 Å². The van der Waals surface area contributed by atoms with E-state index in [1.165, 1.54) is 88.5 Å². The first kappa shape index (κ1) is 38.6. The Labute approximate surface area is 391 Å². The number of furan rings is 1. The third-order valence-corrected chi connectivity index (χ3v) is 15.4. The first-order chi connectivity index (χ1) is 32.4. The Morgan fingerprint density at radius 2 is 0.910 bits per heavy atom. The van der Waals surface area contributed by atoms with Crippen LogP contribution in [-0.4, -0.2) is 0 Å². The Kier molecular flexibility index (Phi) is 7.62. The molecule has 0 bridgehead atoms. The van der Waals surface area contributed by atoms with Crippen molar-refractivity contribution in [2.75, 3.05) is 0 Å². The van der Waals surface area contributed by atoms with Crippen LogP contribution in [0.1, 0.15) is 74.9 Å². The molecule has 10 aromatic carbocycles. The van der Waals surface area contributed by atoms with Gasteiger partial charge in [0.25, 0.3) is 0 Å². The first-order valence-electron chi connectivity index (χ1n) is 23.7. The molecule has 0 radical (unpaired) electrons. The zero-order chi connectivity index (χ0) is 45.1. The molecular formula is C65H48O2. The summed E-state index contributed by atoms with van der Waals surface area (Å²) in [5, 5.41) is 6.97. The third-order valence-electron chi connectivity index (χ3n) is 15.4. The molecule has 0 saturated heterocycles. The summed E-state index contributed by atoms with van der Waals surface area (Å²) in [6, 6.07) is 68.3. The lowest BCUT2D eigenvalue weighted by Crippen LogP contribution is -2.27. The topological polar surface area (TPSA) is 22.4 Å². The van der Waals surface area contributed by atoms with Crippen LogP contribution in [0.4, 0.5) is 0 Å². The lowest BCUT2D eigenvalue weighted by atomic mass is 9.68. The summed E-state index contributed by atoms with van der Waals surface area (Å²) in [7, 11) is 0. The van der Waals surface area contributed by atoms with Crippen molar-refractivity contribution < 1.29 is 9.15 Å².